The number of benzene rings is 1. The number of alkyl halides is 3. The number of rotatable bonds is 0. The largest absolute Gasteiger partial charge is 0.420 e. The van der Waals surface area contributed by atoms with E-state index in [9.17, 15) is 22.4 Å². The second kappa shape index (κ2) is 3.84. The third kappa shape index (κ3) is 1.84. The van der Waals surface area contributed by atoms with E-state index in [1.807, 2.05) is 5.32 Å². The number of carbonyl (C=O) groups is 1. The maximum Gasteiger partial charge on any atom is 0.420 e. The van der Waals surface area contributed by atoms with Gasteiger partial charge in [-0.25, -0.2) is 4.39 Å². The number of fused-ring (bicyclic) bond motifs is 1. The van der Waals surface area contributed by atoms with Crippen LogP contribution >= 0.6 is 15.9 Å². The molecular weight excluding hydrogens is 320 g/mol. The van der Waals surface area contributed by atoms with Gasteiger partial charge in [-0.3, -0.25) is 4.79 Å². The molecule has 3 nitrogen and oxygen atoms in total. The van der Waals surface area contributed by atoms with Crippen molar-refractivity contribution < 1.29 is 22.4 Å². The van der Waals surface area contributed by atoms with Crippen LogP contribution in [0.2, 0.25) is 0 Å². The van der Waals surface area contributed by atoms with Crippen molar-refractivity contribution in [2.75, 3.05) is 10.6 Å². The summed E-state index contributed by atoms with van der Waals surface area (Å²) in [6.45, 7) is 0.700. The second-order valence-electron chi connectivity index (χ2n) is 4.01. The molecule has 0 aliphatic carbocycles. The number of carbonyl (C=O) groups excluding carboxylic acids is 1. The van der Waals surface area contributed by atoms with Gasteiger partial charge in [0.1, 0.15) is 5.82 Å². The van der Waals surface area contributed by atoms with Gasteiger partial charge in [0.25, 0.3) is 5.91 Å². The molecule has 98 valence electrons. The number of amides is 1. The van der Waals surface area contributed by atoms with Crippen molar-refractivity contribution in [3.8, 4) is 0 Å². The maximum atomic E-state index is 13.3. The van der Waals surface area contributed by atoms with Gasteiger partial charge in [0, 0.05) is 6.07 Å². The molecule has 18 heavy (non-hydrogen) atoms. The van der Waals surface area contributed by atoms with E-state index in [4.69, 9.17) is 0 Å². The molecule has 1 heterocycles. The van der Waals surface area contributed by atoms with Gasteiger partial charge < -0.3 is 10.6 Å². The van der Waals surface area contributed by atoms with Gasteiger partial charge in [0.2, 0.25) is 5.54 Å². The summed E-state index contributed by atoms with van der Waals surface area (Å²) < 4.78 is 51.8. The Morgan fingerprint density at radius 3 is 2.44 bits per heavy atom. The van der Waals surface area contributed by atoms with Crippen LogP contribution in [0.3, 0.4) is 0 Å². The van der Waals surface area contributed by atoms with Crippen molar-refractivity contribution in [3.63, 3.8) is 0 Å². The molecule has 1 aromatic rings. The van der Waals surface area contributed by atoms with Gasteiger partial charge in [0.05, 0.1) is 15.8 Å². The predicted octanol–water partition coefficient (Wildman–Crippen LogP) is 3.27. The Hall–Kier alpha value is -1.31. The van der Waals surface area contributed by atoms with Gasteiger partial charge in [-0.1, -0.05) is 0 Å². The van der Waals surface area contributed by atoms with Crippen LogP contribution in [-0.2, 0) is 4.79 Å². The van der Waals surface area contributed by atoms with Crippen molar-refractivity contribution in [2.45, 2.75) is 18.6 Å². The van der Waals surface area contributed by atoms with E-state index >= 15 is 0 Å². The van der Waals surface area contributed by atoms with Gasteiger partial charge in [-0.2, -0.15) is 13.2 Å². The monoisotopic (exact) mass is 326 g/mol. The molecule has 2 N–H and O–H groups in total. The van der Waals surface area contributed by atoms with Crippen LogP contribution in [0.4, 0.5) is 28.9 Å². The lowest BCUT2D eigenvalue weighted by Gasteiger charge is -2.37. The van der Waals surface area contributed by atoms with Crippen LogP contribution < -0.4 is 10.6 Å². The summed E-state index contributed by atoms with van der Waals surface area (Å²) in [4.78, 5) is 11.5. The molecule has 1 unspecified atom stereocenters. The fourth-order valence-electron chi connectivity index (χ4n) is 1.53. The lowest BCUT2D eigenvalue weighted by Crippen LogP contribution is -2.60. The van der Waals surface area contributed by atoms with Crippen LogP contribution in [0.1, 0.15) is 6.92 Å². The highest BCUT2D eigenvalue weighted by atomic mass is 79.9. The summed E-state index contributed by atoms with van der Waals surface area (Å²) in [6.07, 6.45) is -4.79. The van der Waals surface area contributed by atoms with E-state index in [0.717, 1.165) is 6.07 Å². The average molecular weight is 327 g/mol. The van der Waals surface area contributed by atoms with E-state index in [2.05, 4.69) is 21.2 Å². The van der Waals surface area contributed by atoms with Crippen molar-refractivity contribution >= 4 is 33.2 Å². The van der Waals surface area contributed by atoms with Gasteiger partial charge in [-0.15, -0.1) is 0 Å². The fourth-order valence-corrected chi connectivity index (χ4v) is 1.87. The van der Waals surface area contributed by atoms with E-state index in [1.165, 1.54) is 6.07 Å². The van der Waals surface area contributed by atoms with Crippen molar-refractivity contribution in [3.05, 3.63) is 22.4 Å². The summed E-state index contributed by atoms with van der Waals surface area (Å²) in [5.74, 6) is -1.96. The van der Waals surface area contributed by atoms with Gasteiger partial charge in [0.15, 0.2) is 0 Å². The first-order valence-electron chi connectivity index (χ1n) is 4.80. The third-order valence-electron chi connectivity index (χ3n) is 2.71. The molecule has 1 atom stereocenters. The molecule has 1 amide bonds. The zero-order chi connectivity index (χ0) is 13.7. The van der Waals surface area contributed by atoms with E-state index < -0.39 is 23.4 Å². The number of hydrogen-bond acceptors (Lipinski definition) is 2. The highest BCUT2D eigenvalue weighted by Gasteiger charge is 2.58. The molecular formula is C10H7BrF4N2O. The molecule has 0 radical (unpaired) electrons. The summed E-state index contributed by atoms with van der Waals surface area (Å²) in [6, 6.07) is 2.09. The minimum Gasteiger partial charge on any atom is -0.362 e. The summed E-state index contributed by atoms with van der Waals surface area (Å²) in [5, 5.41) is 4.14. The molecule has 0 bridgehead atoms. The normalized spacial score (nSPS) is 23.1. The van der Waals surface area contributed by atoms with E-state index in [1.54, 1.807) is 0 Å². The average Bonchev–Trinajstić information content (AvgIpc) is 2.21. The fraction of sp³-hybridized carbons (Fsp3) is 0.300. The molecule has 0 spiro atoms. The number of halogens is 5. The first-order valence-corrected chi connectivity index (χ1v) is 5.60. The summed E-state index contributed by atoms with van der Waals surface area (Å²) >= 11 is 2.89. The molecule has 1 aliphatic rings. The molecule has 0 aromatic heterocycles. The molecule has 0 saturated heterocycles. The number of anilines is 2. The molecule has 1 aliphatic heterocycles. The van der Waals surface area contributed by atoms with Crippen LogP contribution in [-0.4, -0.2) is 17.6 Å². The molecule has 8 heteroatoms. The van der Waals surface area contributed by atoms with Gasteiger partial charge >= 0.3 is 6.18 Å². The van der Waals surface area contributed by atoms with Crippen LogP contribution in [0.25, 0.3) is 0 Å². The Kier molecular flexibility index (Phi) is 2.80. The Bertz CT molecular complexity index is 531. The van der Waals surface area contributed by atoms with Crippen LogP contribution in [0.15, 0.2) is 16.6 Å². The zero-order valence-electron chi connectivity index (χ0n) is 8.95. The third-order valence-corrected chi connectivity index (χ3v) is 3.32. The topological polar surface area (TPSA) is 41.1 Å². The molecule has 1 aromatic carbocycles. The SMILES string of the molecule is CC1(C(F)(F)F)Nc2cc(F)c(Br)cc2NC1=O. The minimum absolute atomic E-state index is 0.0546. The summed E-state index contributed by atoms with van der Waals surface area (Å²) in [5.41, 5.74) is -2.80. The van der Waals surface area contributed by atoms with Crippen LogP contribution in [0, 0.1) is 5.82 Å². The Labute approximate surface area is 108 Å². The van der Waals surface area contributed by atoms with Gasteiger partial charge in [-0.05, 0) is 28.9 Å². The minimum atomic E-state index is -4.79. The Morgan fingerprint density at radius 2 is 1.89 bits per heavy atom. The van der Waals surface area contributed by atoms with Crippen molar-refractivity contribution in [1.82, 2.24) is 0 Å². The van der Waals surface area contributed by atoms with Crippen LogP contribution in [0.5, 0.6) is 0 Å². The maximum absolute atomic E-state index is 13.3. The predicted molar refractivity (Wildman–Crippen MR) is 60.8 cm³/mol. The highest BCUT2D eigenvalue weighted by molar-refractivity contribution is 9.10. The highest BCUT2D eigenvalue weighted by Crippen LogP contribution is 2.41. The second-order valence-corrected chi connectivity index (χ2v) is 4.87. The number of hydrogen-bond donors (Lipinski definition) is 2. The van der Waals surface area contributed by atoms with E-state index in [-0.39, 0.29) is 15.8 Å². The molecule has 0 saturated carbocycles. The summed E-state index contributed by atoms with van der Waals surface area (Å²) in [7, 11) is 0. The Morgan fingerprint density at radius 1 is 1.28 bits per heavy atom. The van der Waals surface area contributed by atoms with E-state index in [0.29, 0.717) is 6.92 Å². The first-order chi connectivity index (χ1) is 8.15. The lowest BCUT2D eigenvalue weighted by molar-refractivity contribution is -0.179. The quantitative estimate of drug-likeness (QED) is 0.718. The molecule has 0 fully saturated rings. The standard InChI is InChI=1S/C10H7BrF4N2O/c1-9(10(13,14)15)8(18)16-6-2-4(11)5(12)3-7(6)17-9/h2-3,17H,1H3,(H,16,18). The van der Waals surface area contributed by atoms with Crippen molar-refractivity contribution in [1.29, 1.82) is 0 Å². The zero-order valence-corrected chi connectivity index (χ0v) is 10.5. The first kappa shape index (κ1) is 13.1. The smallest absolute Gasteiger partial charge is 0.362 e. The van der Waals surface area contributed by atoms with Crippen molar-refractivity contribution in [2.24, 2.45) is 0 Å². The Balaban J connectivity index is 2.51. The number of nitrogens with one attached hydrogen (secondary N) is 2. The molecule has 2 rings (SSSR count). The lowest BCUT2D eigenvalue weighted by atomic mass is 9.96.